The van der Waals surface area contributed by atoms with Crippen molar-refractivity contribution in [1.82, 2.24) is 9.88 Å². The van der Waals surface area contributed by atoms with Crippen molar-refractivity contribution in [3.63, 3.8) is 0 Å². The molecule has 1 aliphatic carbocycles. The lowest BCUT2D eigenvalue weighted by Crippen LogP contribution is -2.46. The number of hydrogen-bond donors (Lipinski definition) is 1. The van der Waals surface area contributed by atoms with E-state index in [4.69, 9.17) is 0 Å². The summed E-state index contributed by atoms with van der Waals surface area (Å²) in [6.07, 6.45) is 6.62. The molecule has 0 unspecified atom stereocenters. The summed E-state index contributed by atoms with van der Waals surface area (Å²) in [5.74, 6) is 0.120. The van der Waals surface area contributed by atoms with Gasteiger partial charge in [-0.3, -0.25) is 9.78 Å². The van der Waals surface area contributed by atoms with Crippen LogP contribution in [0.4, 0.5) is 0 Å². The molecule has 4 nitrogen and oxygen atoms in total. The fourth-order valence-corrected chi connectivity index (χ4v) is 3.10. The molecule has 1 amide bonds. The van der Waals surface area contributed by atoms with E-state index >= 15 is 0 Å². The van der Waals surface area contributed by atoms with Crippen LogP contribution in [-0.4, -0.2) is 40.1 Å². The largest absolute Gasteiger partial charge is 0.391 e. The van der Waals surface area contributed by atoms with Gasteiger partial charge in [0.05, 0.1) is 17.7 Å². The maximum absolute atomic E-state index is 12.1. The molecule has 18 heavy (non-hydrogen) atoms. The number of rotatable bonds is 4. The Hall–Kier alpha value is -0.940. The van der Waals surface area contributed by atoms with Crippen molar-refractivity contribution in [1.29, 1.82) is 0 Å². The summed E-state index contributed by atoms with van der Waals surface area (Å²) in [4.78, 5) is 19.0. The maximum atomic E-state index is 12.1. The van der Waals surface area contributed by atoms with Crippen molar-refractivity contribution in [3.8, 4) is 0 Å². The molecule has 0 spiro atoms. The van der Waals surface area contributed by atoms with Crippen LogP contribution in [-0.2, 0) is 11.2 Å². The minimum absolute atomic E-state index is 0.00714. The highest BCUT2D eigenvalue weighted by atomic mass is 32.1. The van der Waals surface area contributed by atoms with Crippen LogP contribution in [0, 0.1) is 0 Å². The molecule has 2 rings (SSSR count). The van der Waals surface area contributed by atoms with Crippen LogP contribution < -0.4 is 0 Å². The predicted octanol–water partition coefficient (Wildman–Crippen LogP) is 1.84. The van der Waals surface area contributed by atoms with E-state index in [1.807, 2.05) is 13.2 Å². The summed E-state index contributed by atoms with van der Waals surface area (Å²) in [5.41, 5.74) is 1.79. The molecule has 0 aliphatic heterocycles. The predicted molar refractivity (Wildman–Crippen MR) is 71.5 cm³/mol. The van der Waals surface area contributed by atoms with Crippen LogP contribution in [0.25, 0.3) is 0 Å². The van der Waals surface area contributed by atoms with Gasteiger partial charge in [-0.25, -0.2) is 0 Å². The van der Waals surface area contributed by atoms with Gasteiger partial charge >= 0.3 is 0 Å². The van der Waals surface area contributed by atoms with Crippen LogP contribution in [0.2, 0.25) is 0 Å². The number of nitrogens with zero attached hydrogens (tertiary/aromatic N) is 2. The summed E-state index contributed by atoms with van der Waals surface area (Å²) in [5, 5.41) is 9.94. The standard InChI is InChI=1S/C13H20N2O2S/c1-15(11-4-2-3-5-12(11)16)13(17)7-6-10-8-14-9-18-10/h8-9,11-12,16H,2-7H2,1H3/t11-,12-/m1/s1. The highest BCUT2D eigenvalue weighted by Crippen LogP contribution is 2.23. The average Bonchev–Trinajstić information content (AvgIpc) is 2.89. The number of likely N-dealkylation sites (N-methyl/N-ethyl adjacent to an activating group) is 1. The number of thiazole rings is 1. The van der Waals surface area contributed by atoms with Gasteiger partial charge in [-0.2, -0.15) is 0 Å². The van der Waals surface area contributed by atoms with Crippen molar-refractivity contribution < 1.29 is 9.90 Å². The van der Waals surface area contributed by atoms with Crippen LogP contribution in [0.5, 0.6) is 0 Å². The van der Waals surface area contributed by atoms with Gasteiger partial charge in [-0.15, -0.1) is 11.3 Å². The van der Waals surface area contributed by atoms with E-state index in [9.17, 15) is 9.90 Å². The van der Waals surface area contributed by atoms with Crippen molar-refractivity contribution >= 4 is 17.2 Å². The zero-order chi connectivity index (χ0) is 13.0. The molecule has 1 heterocycles. The SMILES string of the molecule is CN(C(=O)CCc1cncs1)[C@@H]1CCCC[C@H]1O. The number of carbonyl (C=O) groups excluding carboxylic acids is 1. The quantitative estimate of drug-likeness (QED) is 0.906. The molecule has 100 valence electrons. The molecule has 1 aromatic rings. The summed E-state index contributed by atoms with van der Waals surface area (Å²) in [6.45, 7) is 0. The van der Waals surface area contributed by atoms with Crippen molar-refractivity contribution in [2.75, 3.05) is 7.05 Å². The second kappa shape index (κ2) is 6.29. The molecule has 1 saturated carbocycles. The maximum Gasteiger partial charge on any atom is 0.223 e. The Morgan fingerprint density at radius 2 is 2.33 bits per heavy atom. The summed E-state index contributed by atoms with van der Waals surface area (Å²) >= 11 is 1.58. The van der Waals surface area contributed by atoms with E-state index < -0.39 is 0 Å². The molecule has 1 fully saturated rings. The lowest BCUT2D eigenvalue weighted by Gasteiger charge is -2.35. The molecule has 0 aromatic carbocycles. The van der Waals surface area contributed by atoms with Gasteiger partial charge in [0, 0.05) is 24.5 Å². The van der Waals surface area contributed by atoms with E-state index in [1.165, 1.54) is 0 Å². The number of aromatic nitrogens is 1. The molecule has 1 aliphatic rings. The van der Waals surface area contributed by atoms with Gasteiger partial charge in [0.25, 0.3) is 0 Å². The molecule has 0 bridgehead atoms. The average molecular weight is 268 g/mol. The second-order valence-corrected chi connectivity index (χ2v) is 5.86. The lowest BCUT2D eigenvalue weighted by molar-refractivity contribution is -0.135. The van der Waals surface area contributed by atoms with Gasteiger partial charge in [0.1, 0.15) is 0 Å². The zero-order valence-electron chi connectivity index (χ0n) is 10.7. The molecule has 0 saturated heterocycles. The zero-order valence-corrected chi connectivity index (χ0v) is 11.5. The Kier molecular flexibility index (Phi) is 4.72. The third kappa shape index (κ3) is 3.29. The van der Waals surface area contributed by atoms with Crippen LogP contribution in [0.3, 0.4) is 0 Å². The van der Waals surface area contributed by atoms with Crippen molar-refractivity contribution in [2.45, 2.75) is 50.7 Å². The molecule has 1 aromatic heterocycles. The summed E-state index contributed by atoms with van der Waals surface area (Å²) in [7, 11) is 1.81. The van der Waals surface area contributed by atoms with Gasteiger partial charge in [-0.05, 0) is 19.3 Å². The van der Waals surface area contributed by atoms with Crippen LogP contribution >= 0.6 is 11.3 Å². The number of carbonyl (C=O) groups is 1. The summed E-state index contributed by atoms with van der Waals surface area (Å²) < 4.78 is 0. The molecular formula is C13H20N2O2S. The number of aliphatic hydroxyl groups is 1. The molecule has 0 radical (unpaired) electrons. The van der Waals surface area contributed by atoms with E-state index in [0.29, 0.717) is 6.42 Å². The van der Waals surface area contributed by atoms with Crippen molar-refractivity contribution in [2.24, 2.45) is 0 Å². The number of aliphatic hydroxyl groups excluding tert-OH is 1. The number of hydrogen-bond acceptors (Lipinski definition) is 4. The fourth-order valence-electron chi connectivity index (χ4n) is 2.50. The van der Waals surface area contributed by atoms with E-state index in [1.54, 1.807) is 21.7 Å². The van der Waals surface area contributed by atoms with E-state index in [0.717, 1.165) is 37.0 Å². The minimum atomic E-state index is -0.351. The first-order valence-electron chi connectivity index (χ1n) is 6.49. The van der Waals surface area contributed by atoms with E-state index in [2.05, 4.69) is 4.98 Å². The number of aryl methyl sites for hydroxylation is 1. The van der Waals surface area contributed by atoms with Crippen molar-refractivity contribution in [3.05, 3.63) is 16.6 Å². The number of amides is 1. The van der Waals surface area contributed by atoms with E-state index in [-0.39, 0.29) is 18.1 Å². The monoisotopic (exact) mass is 268 g/mol. The second-order valence-electron chi connectivity index (χ2n) is 4.89. The normalized spacial score (nSPS) is 23.9. The van der Waals surface area contributed by atoms with Gasteiger partial charge in [-0.1, -0.05) is 12.8 Å². The topological polar surface area (TPSA) is 53.4 Å². The first-order valence-corrected chi connectivity index (χ1v) is 7.37. The first-order chi connectivity index (χ1) is 8.68. The third-order valence-electron chi connectivity index (χ3n) is 3.65. The third-order valence-corrected chi connectivity index (χ3v) is 4.49. The smallest absolute Gasteiger partial charge is 0.223 e. The van der Waals surface area contributed by atoms with Crippen LogP contribution in [0.1, 0.15) is 37.0 Å². The van der Waals surface area contributed by atoms with Gasteiger partial charge in [0.2, 0.25) is 5.91 Å². The molecule has 2 atom stereocenters. The highest BCUT2D eigenvalue weighted by molar-refractivity contribution is 7.09. The van der Waals surface area contributed by atoms with Gasteiger partial charge < -0.3 is 10.0 Å². The fraction of sp³-hybridized carbons (Fsp3) is 0.692. The Labute approximate surface area is 112 Å². The van der Waals surface area contributed by atoms with Crippen LogP contribution in [0.15, 0.2) is 11.7 Å². The molecule has 5 heteroatoms. The lowest BCUT2D eigenvalue weighted by atomic mass is 9.91. The summed E-state index contributed by atoms with van der Waals surface area (Å²) in [6, 6.07) is 0.00714. The Morgan fingerprint density at radius 1 is 1.56 bits per heavy atom. The van der Waals surface area contributed by atoms with Gasteiger partial charge in [0.15, 0.2) is 0 Å². The highest BCUT2D eigenvalue weighted by Gasteiger charge is 2.28. The minimum Gasteiger partial charge on any atom is -0.391 e. The molecular weight excluding hydrogens is 248 g/mol. The Bertz CT molecular complexity index is 380. The molecule has 1 N–H and O–H groups in total. The first kappa shape index (κ1) is 13.5. The Balaban J connectivity index is 1.84. The Morgan fingerprint density at radius 3 is 3.00 bits per heavy atom.